The summed E-state index contributed by atoms with van der Waals surface area (Å²) in [5.41, 5.74) is 6.14. The number of fused-ring (bicyclic) bond motifs is 2. The molecule has 9 heteroatoms. The topological polar surface area (TPSA) is 103 Å². The summed E-state index contributed by atoms with van der Waals surface area (Å²) in [6.07, 6.45) is 3.99. The Bertz CT molecular complexity index is 1600. The van der Waals surface area contributed by atoms with E-state index < -0.39 is 0 Å². The number of hydrogen-bond donors (Lipinski definition) is 4. The van der Waals surface area contributed by atoms with Crippen LogP contribution in [-0.2, 0) is 11.8 Å². The largest absolute Gasteiger partial charge is 0.382 e. The number of aromatic nitrogens is 4. The van der Waals surface area contributed by atoms with Crippen LogP contribution in [0.25, 0.3) is 33.2 Å². The molecule has 1 amide bonds. The number of likely N-dealkylation sites (N-methyl/N-ethyl adjacent to an activating group) is 1. The van der Waals surface area contributed by atoms with Crippen LogP contribution >= 0.6 is 0 Å². The first-order chi connectivity index (χ1) is 18.3. The minimum Gasteiger partial charge on any atom is -0.382 e. The van der Waals surface area contributed by atoms with E-state index in [0.717, 1.165) is 57.7 Å². The molecule has 0 aliphatic heterocycles. The van der Waals surface area contributed by atoms with E-state index in [1.807, 2.05) is 77.6 Å². The van der Waals surface area contributed by atoms with Crippen LogP contribution in [0.2, 0.25) is 0 Å². The molecule has 196 valence electrons. The number of nitrogens with zero attached hydrogens (tertiary/aromatic N) is 4. The summed E-state index contributed by atoms with van der Waals surface area (Å²) in [7, 11) is 6.11. The number of H-pyrrole nitrogens is 1. The Morgan fingerprint density at radius 1 is 1.05 bits per heavy atom. The van der Waals surface area contributed by atoms with E-state index in [0.29, 0.717) is 11.6 Å². The smallest absolute Gasteiger partial charge is 0.229 e. The van der Waals surface area contributed by atoms with Crippen molar-refractivity contribution in [2.24, 2.45) is 13.0 Å². The third-order valence-electron chi connectivity index (χ3n) is 6.50. The number of rotatable bonds is 9. The van der Waals surface area contributed by atoms with Gasteiger partial charge in [0, 0.05) is 66.0 Å². The van der Waals surface area contributed by atoms with Gasteiger partial charge >= 0.3 is 0 Å². The lowest BCUT2D eigenvalue weighted by Crippen LogP contribution is -2.22. The average Bonchev–Trinajstić information content (AvgIpc) is 3.49. The lowest BCUT2D eigenvalue weighted by Gasteiger charge is -2.17. The highest BCUT2D eigenvalue weighted by Gasteiger charge is 2.17. The number of amides is 1. The SMILES string of the molecule is CC(C)C(=O)Nc1cc(Nc2nc(-c3cn(C)c4ccccc34)c3cc[nH]c3n2)ccc1NCCN(C)C. The first kappa shape index (κ1) is 25.3. The predicted molar refractivity (Wildman–Crippen MR) is 156 cm³/mol. The zero-order chi connectivity index (χ0) is 26.8. The van der Waals surface area contributed by atoms with E-state index in [-0.39, 0.29) is 11.8 Å². The van der Waals surface area contributed by atoms with Gasteiger partial charge in [-0.25, -0.2) is 4.98 Å². The summed E-state index contributed by atoms with van der Waals surface area (Å²) in [4.78, 5) is 27.6. The summed E-state index contributed by atoms with van der Waals surface area (Å²) in [6.45, 7) is 5.39. The molecule has 3 heterocycles. The molecule has 9 nitrogen and oxygen atoms in total. The lowest BCUT2D eigenvalue weighted by atomic mass is 10.1. The number of hydrogen-bond acceptors (Lipinski definition) is 6. The summed E-state index contributed by atoms with van der Waals surface area (Å²) >= 11 is 0. The number of carbonyl (C=O) groups excluding carboxylic acids is 1. The van der Waals surface area contributed by atoms with Crippen molar-refractivity contribution in [3.8, 4) is 11.3 Å². The molecule has 0 unspecified atom stereocenters. The van der Waals surface area contributed by atoms with Gasteiger partial charge in [0.15, 0.2) is 0 Å². The molecule has 5 rings (SSSR count). The maximum absolute atomic E-state index is 12.5. The number of benzene rings is 2. The highest BCUT2D eigenvalue weighted by Crippen LogP contribution is 2.34. The van der Waals surface area contributed by atoms with E-state index >= 15 is 0 Å². The van der Waals surface area contributed by atoms with Gasteiger partial charge in [-0.2, -0.15) is 4.98 Å². The van der Waals surface area contributed by atoms with Crippen molar-refractivity contribution in [3.63, 3.8) is 0 Å². The molecule has 0 radical (unpaired) electrons. The van der Waals surface area contributed by atoms with Crippen LogP contribution in [0.5, 0.6) is 0 Å². The van der Waals surface area contributed by atoms with Crippen LogP contribution in [0.1, 0.15) is 13.8 Å². The predicted octanol–water partition coefficient (Wildman–Crippen LogP) is 5.43. The van der Waals surface area contributed by atoms with E-state index in [2.05, 4.69) is 48.7 Å². The summed E-state index contributed by atoms with van der Waals surface area (Å²) in [5, 5.41) is 11.9. The van der Waals surface area contributed by atoms with Crippen LogP contribution in [0.3, 0.4) is 0 Å². The van der Waals surface area contributed by atoms with Crippen LogP contribution < -0.4 is 16.0 Å². The van der Waals surface area contributed by atoms with Crippen LogP contribution in [0.4, 0.5) is 23.0 Å². The standard InChI is InChI=1S/C29H34N8O/c1-18(2)28(38)33-24-16-19(10-11-23(24)30-14-15-36(3)4)32-29-34-26(21-12-13-31-27(21)35-29)22-17-37(5)25-9-7-6-8-20(22)25/h6-13,16-18,30H,14-15H2,1-5H3,(H,33,38)(H2,31,32,34,35). The quantitative estimate of drug-likeness (QED) is 0.211. The van der Waals surface area contributed by atoms with Gasteiger partial charge in [0.05, 0.1) is 17.1 Å². The number of para-hydroxylation sites is 1. The number of aromatic amines is 1. The molecule has 0 saturated heterocycles. The van der Waals surface area contributed by atoms with Crippen molar-refractivity contribution in [2.45, 2.75) is 13.8 Å². The Labute approximate surface area is 222 Å². The van der Waals surface area contributed by atoms with Crippen molar-refractivity contribution < 1.29 is 4.79 Å². The molecule has 0 saturated carbocycles. The van der Waals surface area contributed by atoms with E-state index in [1.165, 1.54) is 0 Å². The first-order valence-electron chi connectivity index (χ1n) is 12.8. The van der Waals surface area contributed by atoms with E-state index in [1.54, 1.807) is 0 Å². The lowest BCUT2D eigenvalue weighted by molar-refractivity contribution is -0.118. The molecule has 0 atom stereocenters. The van der Waals surface area contributed by atoms with Crippen molar-refractivity contribution in [3.05, 3.63) is 60.9 Å². The summed E-state index contributed by atoms with van der Waals surface area (Å²) < 4.78 is 2.12. The minimum absolute atomic E-state index is 0.0416. The fourth-order valence-corrected chi connectivity index (χ4v) is 4.43. The Balaban J connectivity index is 1.51. The maximum Gasteiger partial charge on any atom is 0.229 e. The van der Waals surface area contributed by atoms with Crippen molar-refractivity contribution >= 4 is 50.9 Å². The van der Waals surface area contributed by atoms with Gasteiger partial charge < -0.3 is 30.4 Å². The molecule has 0 aliphatic carbocycles. The molecule has 3 aromatic heterocycles. The van der Waals surface area contributed by atoms with Crippen LogP contribution in [0.15, 0.2) is 60.9 Å². The van der Waals surface area contributed by atoms with Gasteiger partial charge in [-0.3, -0.25) is 4.79 Å². The zero-order valence-electron chi connectivity index (χ0n) is 22.5. The van der Waals surface area contributed by atoms with Crippen molar-refractivity contribution in [1.82, 2.24) is 24.4 Å². The van der Waals surface area contributed by atoms with Gasteiger partial charge in [0.1, 0.15) is 5.65 Å². The molecule has 2 aromatic carbocycles. The average molecular weight is 511 g/mol. The van der Waals surface area contributed by atoms with Crippen molar-refractivity contribution in [1.29, 1.82) is 0 Å². The molecule has 0 aliphatic rings. The van der Waals surface area contributed by atoms with Gasteiger partial charge in [-0.1, -0.05) is 32.0 Å². The number of carbonyl (C=O) groups is 1. The maximum atomic E-state index is 12.5. The van der Waals surface area contributed by atoms with E-state index in [9.17, 15) is 4.79 Å². The fraction of sp³-hybridized carbons (Fsp3) is 0.276. The number of aryl methyl sites for hydroxylation is 1. The molecule has 4 N–H and O–H groups in total. The second-order valence-corrected chi connectivity index (χ2v) is 10.1. The molecule has 5 aromatic rings. The third-order valence-corrected chi connectivity index (χ3v) is 6.50. The number of anilines is 4. The first-order valence-corrected chi connectivity index (χ1v) is 12.8. The highest BCUT2D eigenvalue weighted by molar-refractivity contribution is 6.03. The second-order valence-electron chi connectivity index (χ2n) is 10.1. The summed E-state index contributed by atoms with van der Waals surface area (Å²) in [6, 6.07) is 16.2. The molecule has 0 bridgehead atoms. The Kier molecular flexibility index (Phi) is 7.02. The Morgan fingerprint density at radius 2 is 1.87 bits per heavy atom. The molecule has 38 heavy (non-hydrogen) atoms. The minimum atomic E-state index is -0.136. The number of nitrogens with one attached hydrogen (secondary N) is 4. The van der Waals surface area contributed by atoms with Gasteiger partial charge in [-0.05, 0) is 44.4 Å². The van der Waals surface area contributed by atoms with Crippen molar-refractivity contribution in [2.75, 3.05) is 43.1 Å². The summed E-state index contributed by atoms with van der Waals surface area (Å²) in [5.74, 6) is 0.292. The monoisotopic (exact) mass is 510 g/mol. The van der Waals surface area contributed by atoms with E-state index in [4.69, 9.17) is 9.97 Å². The second kappa shape index (κ2) is 10.5. The van der Waals surface area contributed by atoms with Crippen LogP contribution in [0, 0.1) is 5.92 Å². The zero-order valence-corrected chi connectivity index (χ0v) is 22.5. The fourth-order valence-electron chi connectivity index (χ4n) is 4.43. The highest BCUT2D eigenvalue weighted by atomic mass is 16.1. The molecule has 0 spiro atoms. The van der Waals surface area contributed by atoms with Crippen LogP contribution in [-0.4, -0.2) is 57.5 Å². The molecular formula is C29H34N8O. The van der Waals surface area contributed by atoms with Gasteiger partial charge in [-0.15, -0.1) is 0 Å². The Hall–Kier alpha value is -4.37. The molecular weight excluding hydrogens is 476 g/mol. The Morgan fingerprint density at radius 3 is 2.66 bits per heavy atom. The molecule has 0 fully saturated rings. The normalized spacial score (nSPS) is 11.6. The third kappa shape index (κ3) is 5.19. The van der Waals surface area contributed by atoms with Gasteiger partial charge in [0.25, 0.3) is 0 Å². The van der Waals surface area contributed by atoms with Gasteiger partial charge in [0.2, 0.25) is 11.9 Å².